The van der Waals surface area contributed by atoms with Crippen molar-refractivity contribution in [2.75, 3.05) is 11.9 Å². The van der Waals surface area contributed by atoms with E-state index >= 15 is 0 Å². The summed E-state index contributed by atoms with van der Waals surface area (Å²) in [5.41, 5.74) is -0.0590. The Balaban J connectivity index is 1.78. The second kappa shape index (κ2) is 5.19. The fourth-order valence-corrected chi connectivity index (χ4v) is 2.99. The molecule has 0 unspecified atom stereocenters. The Bertz CT molecular complexity index is 656. The minimum Gasteiger partial charge on any atom is -0.327 e. The van der Waals surface area contributed by atoms with Gasteiger partial charge in [-0.05, 0) is 42.9 Å². The quantitative estimate of drug-likeness (QED) is 0.872. The van der Waals surface area contributed by atoms with E-state index in [2.05, 4.69) is 11.9 Å². The summed E-state index contributed by atoms with van der Waals surface area (Å²) in [5.74, 6) is -2.31. The molecule has 1 spiro atoms. The molecule has 2 aliphatic rings. The zero-order chi connectivity index (χ0) is 15.9. The smallest absolute Gasteiger partial charge is 0.247 e. The summed E-state index contributed by atoms with van der Waals surface area (Å²) in [6.07, 6.45) is 3.73. The molecule has 1 saturated heterocycles. The van der Waals surface area contributed by atoms with Gasteiger partial charge in [0.2, 0.25) is 11.8 Å². The molecule has 1 N–H and O–H groups in total. The molecule has 1 heterocycles. The third-order valence-electron chi connectivity index (χ3n) is 4.41. The Morgan fingerprint density at radius 3 is 2.68 bits per heavy atom. The van der Waals surface area contributed by atoms with Crippen molar-refractivity contribution in [3.05, 3.63) is 42.5 Å². The normalized spacial score (nSPS) is 21.7. The lowest BCUT2D eigenvalue weighted by Gasteiger charge is -2.22. The van der Waals surface area contributed by atoms with Gasteiger partial charge in [-0.15, -0.1) is 0 Å². The standard InChI is InChI=1S/C16H16F2N2O2/c1-2-14(21)20-9-16(5-6-16)8-13(20)15(22)19-12-4-3-10(17)7-11(12)18/h2-4,7,13H,1,5-6,8-9H2,(H,19,22)/t13-/m1/s1. The fraction of sp³-hybridized carbons (Fsp3) is 0.375. The maximum atomic E-state index is 13.6. The van der Waals surface area contributed by atoms with Crippen molar-refractivity contribution in [2.45, 2.75) is 25.3 Å². The molecule has 3 rings (SSSR count). The van der Waals surface area contributed by atoms with Crippen LogP contribution < -0.4 is 5.32 Å². The van der Waals surface area contributed by atoms with Crippen LogP contribution in [0.5, 0.6) is 0 Å². The van der Waals surface area contributed by atoms with Crippen LogP contribution in [0.3, 0.4) is 0 Å². The summed E-state index contributed by atoms with van der Waals surface area (Å²) < 4.78 is 26.5. The van der Waals surface area contributed by atoms with Crippen LogP contribution in [0.4, 0.5) is 14.5 Å². The molecule has 1 aromatic carbocycles. The van der Waals surface area contributed by atoms with E-state index in [9.17, 15) is 18.4 Å². The summed E-state index contributed by atoms with van der Waals surface area (Å²) in [4.78, 5) is 25.8. The lowest BCUT2D eigenvalue weighted by atomic mass is 10.0. The van der Waals surface area contributed by atoms with Crippen LogP contribution in [-0.2, 0) is 9.59 Å². The minimum absolute atomic E-state index is 0.0298. The summed E-state index contributed by atoms with van der Waals surface area (Å²) in [5, 5.41) is 2.45. The van der Waals surface area contributed by atoms with Crippen LogP contribution in [0.2, 0.25) is 0 Å². The highest BCUT2D eigenvalue weighted by molar-refractivity contribution is 5.99. The van der Waals surface area contributed by atoms with Crippen LogP contribution >= 0.6 is 0 Å². The predicted molar refractivity (Wildman–Crippen MR) is 77.0 cm³/mol. The Morgan fingerprint density at radius 1 is 1.36 bits per heavy atom. The van der Waals surface area contributed by atoms with Gasteiger partial charge in [0.15, 0.2) is 0 Å². The van der Waals surface area contributed by atoms with Gasteiger partial charge in [-0.2, -0.15) is 0 Å². The lowest BCUT2D eigenvalue weighted by Crippen LogP contribution is -2.42. The number of carbonyl (C=O) groups is 2. The Morgan fingerprint density at radius 2 is 2.09 bits per heavy atom. The first-order valence-electron chi connectivity index (χ1n) is 7.13. The monoisotopic (exact) mass is 306 g/mol. The maximum absolute atomic E-state index is 13.6. The molecule has 1 aliphatic carbocycles. The van der Waals surface area contributed by atoms with Crippen LogP contribution in [0.25, 0.3) is 0 Å². The number of amides is 2. The molecule has 6 heteroatoms. The Kier molecular flexibility index (Phi) is 3.47. The van der Waals surface area contributed by atoms with E-state index < -0.39 is 23.6 Å². The highest BCUT2D eigenvalue weighted by Gasteiger charge is 2.54. The summed E-state index contributed by atoms with van der Waals surface area (Å²) in [7, 11) is 0. The van der Waals surface area contributed by atoms with Gasteiger partial charge in [0.05, 0.1) is 5.69 Å². The zero-order valence-electron chi connectivity index (χ0n) is 11.9. The Hall–Kier alpha value is -2.24. The third kappa shape index (κ3) is 2.61. The van der Waals surface area contributed by atoms with E-state index in [1.165, 1.54) is 17.0 Å². The van der Waals surface area contributed by atoms with E-state index in [0.29, 0.717) is 19.0 Å². The number of hydrogen-bond acceptors (Lipinski definition) is 2. The molecule has 1 atom stereocenters. The summed E-state index contributed by atoms with van der Waals surface area (Å²) in [6, 6.07) is 2.31. The number of carbonyl (C=O) groups excluding carboxylic acids is 2. The number of rotatable bonds is 3. The highest BCUT2D eigenvalue weighted by Crippen LogP contribution is 2.54. The zero-order valence-corrected chi connectivity index (χ0v) is 11.9. The second-order valence-corrected chi connectivity index (χ2v) is 6.00. The number of hydrogen-bond donors (Lipinski definition) is 1. The molecule has 116 valence electrons. The molecule has 4 nitrogen and oxygen atoms in total. The Labute approximate surface area is 126 Å². The number of nitrogens with zero attached hydrogens (tertiary/aromatic N) is 1. The molecule has 2 fully saturated rings. The average molecular weight is 306 g/mol. The van der Waals surface area contributed by atoms with Crippen molar-refractivity contribution in [1.82, 2.24) is 4.90 Å². The van der Waals surface area contributed by atoms with Gasteiger partial charge in [0.25, 0.3) is 0 Å². The van der Waals surface area contributed by atoms with Gasteiger partial charge >= 0.3 is 0 Å². The first kappa shape index (κ1) is 14.7. The molecule has 1 aliphatic heterocycles. The maximum Gasteiger partial charge on any atom is 0.247 e. The number of anilines is 1. The first-order valence-corrected chi connectivity index (χ1v) is 7.13. The van der Waals surface area contributed by atoms with E-state index in [1.807, 2.05) is 0 Å². The summed E-state index contributed by atoms with van der Waals surface area (Å²) >= 11 is 0. The van der Waals surface area contributed by atoms with Crippen molar-refractivity contribution < 1.29 is 18.4 Å². The van der Waals surface area contributed by atoms with Gasteiger partial charge in [0.1, 0.15) is 17.7 Å². The predicted octanol–water partition coefficient (Wildman–Crippen LogP) is 2.47. The van der Waals surface area contributed by atoms with Crippen molar-refractivity contribution in [3.63, 3.8) is 0 Å². The molecular formula is C16H16F2N2O2. The molecular weight excluding hydrogens is 290 g/mol. The SMILES string of the molecule is C=CC(=O)N1CC2(CC2)C[C@@H]1C(=O)Nc1ccc(F)cc1F. The van der Waals surface area contributed by atoms with Crippen LogP contribution in [0, 0.1) is 17.0 Å². The number of likely N-dealkylation sites (tertiary alicyclic amines) is 1. The topological polar surface area (TPSA) is 49.4 Å². The molecule has 0 aromatic heterocycles. The molecule has 0 bridgehead atoms. The molecule has 1 aromatic rings. The first-order chi connectivity index (χ1) is 10.4. The molecule has 1 saturated carbocycles. The van der Waals surface area contributed by atoms with Gasteiger partial charge < -0.3 is 10.2 Å². The van der Waals surface area contributed by atoms with Crippen molar-refractivity contribution in [1.29, 1.82) is 0 Å². The minimum atomic E-state index is -0.839. The van der Waals surface area contributed by atoms with Crippen LogP contribution in [-0.4, -0.2) is 29.3 Å². The highest BCUT2D eigenvalue weighted by atomic mass is 19.1. The van der Waals surface area contributed by atoms with E-state index in [1.54, 1.807) is 0 Å². The number of benzene rings is 1. The van der Waals surface area contributed by atoms with Crippen molar-refractivity contribution in [3.8, 4) is 0 Å². The van der Waals surface area contributed by atoms with E-state index in [-0.39, 0.29) is 17.0 Å². The summed E-state index contributed by atoms with van der Waals surface area (Å²) in [6.45, 7) is 3.98. The van der Waals surface area contributed by atoms with Crippen LogP contribution in [0.1, 0.15) is 19.3 Å². The molecule has 22 heavy (non-hydrogen) atoms. The van der Waals surface area contributed by atoms with Gasteiger partial charge in [0, 0.05) is 12.6 Å². The van der Waals surface area contributed by atoms with Crippen LogP contribution in [0.15, 0.2) is 30.9 Å². The molecule has 2 amide bonds. The third-order valence-corrected chi connectivity index (χ3v) is 4.41. The molecule has 0 radical (unpaired) electrons. The number of nitrogens with one attached hydrogen (secondary N) is 1. The second-order valence-electron chi connectivity index (χ2n) is 6.00. The van der Waals surface area contributed by atoms with Gasteiger partial charge in [-0.1, -0.05) is 6.58 Å². The van der Waals surface area contributed by atoms with E-state index in [4.69, 9.17) is 0 Å². The van der Waals surface area contributed by atoms with Gasteiger partial charge in [-0.25, -0.2) is 8.78 Å². The van der Waals surface area contributed by atoms with Crippen molar-refractivity contribution in [2.24, 2.45) is 5.41 Å². The van der Waals surface area contributed by atoms with Crippen molar-refractivity contribution >= 4 is 17.5 Å². The fourth-order valence-electron chi connectivity index (χ4n) is 2.99. The average Bonchev–Trinajstić information content (AvgIpc) is 3.12. The largest absolute Gasteiger partial charge is 0.327 e. The van der Waals surface area contributed by atoms with Gasteiger partial charge in [-0.3, -0.25) is 9.59 Å². The number of halogens is 2. The lowest BCUT2D eigenvalue weighted by molar-refractivity contribution is -0.132. The van der Waals surface area contributed by atoms with E-state index in [0.717, 1.165) is 18.9 Å².